The molecule has 0 aliphatic carbocycles. The third-order valence-corrected chi connectivity index (χ3v) is 11.3. The number of H-pyrrole nitrogens is 2. The van der Waals surface area contributed by atoms with E-state index in [1.807, 2.05) is 49.6 Å². The summed E-state index contributed by atoms with van der Waals surface area (Å²) in [7, 11) is 0.780. The SMILES string of the molecule is CN1CCC(=O)CC1.CNS(=O)(=O)CCc1ccc2[nH]cc(C3=CCN(C)CC3)c2c1.CNS(=O)(=O)CCc1ccc2[nH]ccc2c1. The number of aromatic amines is 2. The molecule has 256 valence electrons. The highest BCUT2D eigenvalue weighted by Gasteiger charge is 2.15. The van der Waals surface area contributed by atoms with Crippen LogP contribution < -0.4 is 9.44 Å². The number of carbonyl (C=O) groups excluding carboxylic acids is 1. The first-order valence-electron chi connectivity index (χ1n) is 15.9. The number of nitrogens with one attached hydrogen (secondary N) is 4. The molecule has 0 unspecified atom stereocenters. The molecule has 0 spiro atoms. The number of piperidine rings is 1. The number of likely N-dealkylation sites (N-methyl/N-ethyl adjacent to an activating group) is 1. The smallest absolute Gasteiger partial charge is 0.211 e. The Morgan fingerprint density at radius 2 is 1.34 bits per heavy atom. The number of aryl methyl sites for hydroxylation is 2. The summed E-state index contributed by atoms with van der Waals surface area (Å²) in [6.45, 7) is 3.96. The van der Waals surface area contributed by atoms with Gasteiger partial charge in [-0.25, -0.2) is 26.3 Å². The van der Waals surface area contributed by atoms with E-state index < -0.39 is 20.0 Å². The summed E-state index contributed by atoms with van der Waals surface area (Å²) in [5.41, 5.74) is 6.86. The average molecular weight is 685 g/mol. The molecule has 0 amide bonds. The van der Waals surface area contributed by atoms with Gasteiger partial charge in [0.25, 0.3) is 0 Å². The fourth-order valence-corrected chi connectivity index (χ4v) is 6.86. The van der Waals surface area contributed by atoms with Gasteiger partial charge in [-0.15, -0.1) is 0 Å². The molecule has 4 heterocycles. The van der Waals surface area contributed by atoms with E-state index in [0.29, 0.717) is 18.6 Å². The maximum atomic E-state index is 11.6. The molecule has 4 aromatic rings. The molecular weight excluding hydrogens is 637 g/mol. The lowest BCUT2D eigenvalue weighted by Crippen LogP contribution is -2.29. The van der Waals surface area contributed by atoms with Crippen molar-refractivity contribution >= 4 is 53.2 Å². The Balaban J connectivity index is 0.000000180. The van der Waals surface area contributed by atoms with Crippen LogP contribution in [0, 0.1) is 0 Å². The van der Waals surface area contributed by atoms with Gasteiger partial charge in [-0.3, -0.25) is 4.79 Å². The molecule has 11 nitrogen and oxygen atoms in total. The van der Waals surface area contributed by atoms with Gasteiger partial charge in [0.05, 0.1) is 11.5 Å². The van der Waals surface area contributed by atoms with E-state index in [-0.39, 0.29) is 11.5 Å². The molecule has 0 atom stereocenters. The Morgan fingerprint density at radius 1 is 0.745 bits per heavy atom. The van der Waals surface area contributed by atoms with Crippen molar-refractivity contribution in [1.29, 1.82) is 0 Å². The Labute approximate surface area is 278 Å². The number of nitrogens with zero attached hydrogens (tertiary/aromatic N) is 2. The molecule has 0 bridgehead atoms. The first-order chi connectivity index (χ1) is 22.4. The van der Waals surface area contributed by atoms with Crippen molar-refractivity contribution in [1.82, 2.24) is 29.2 Å². The van der Waals surface area contributed by atoms with Crippen LogP contribution in [0.15, 0.2) is 60.9 Å². The van der Waals surface area contributed by atoms with Crippen LogP contribution in [0.1, 0.15) is 36.0 Å². The monoisotopic (exact) mass is 684 g/mol. The highest BCUT2D eigenvalue weighted by molar-refractivity contribution is 7.89. The summed E-state index contributed by atoms with van der Waals surface area (Å²) < 4.78 is 50.4. The van der Waals surface area contributed by atoms with Crippen molar-refractivity contribution in [3.63, 3.8) is 0 Å². The minimum Gasteiger partial charge on any atom is -0.361 e. The van der Waals surface area contributed by atoms with E-state index in [0.717, 1.165) is 73.0 Å². The number of sulfonamides is 2. The summed E-state index contributed by atoms with van der Waals surface area (Å²) in [5, 5.41) is 2.29. The molecule has 2 aromatic heterocycles. The summed E-state index contributed by atoms with van der Waals surface area (Å²) in [5.74, 6) is 0.657. The lowest BCUT2D eigenvalue weighted by atomic mass is 9.98. The van der Waals surface area contributed by atoms with E-state index in [1.165, 1.54) is 30.6 Å². The number of rotatable bonds is 9. The number of benzene rings is 2. The maximum Gasteiger partial charge on any atom is 0.211 e. The van der Waals surface area contributed by atoms with Gasteiger partial charge in [0.15, 0.2) is 0 Å². The first kappa shape index (κ1) is 36.5. The maximum absolute atomic E-state index is 11.6. The van der Waals surface area contributed by atoms with Gasteiger partial charge in [0.2, 0.25) is 20.0 Å². The lowest BCUT2D eigenvalue weighted by Gasteiger charge is -2.21. The second kappa shape index (κ2) is 16.7. The highest BCUT2D eigenvalue weighted by atomic mass is 32.2. The zero-order chi connectivity index (χ0) is 34.0. The fraction of sp³-hybridized carbons (Fsp3) is 0.441. The van der Waals surface area contributed by atoms with E-state index in [2.05, 4.69) is 54.6 Å². The van der Waals surface area contributed by atoms with E-state index in [9.17, 15) is 21.6 Å². The summed E-state index contributed by atoms with van der Waals surface area (Å²) in [4.78, 5) is 21.5. The summed E-state index contributed by atoms with van der Waals surface area (Å²) >= 11 is 0. The Morgan fingerprint density at radius 3 is 1.91 bits per heavy atom. The zero-order valence-electron chi connectivity index (χ0n) is 27.8. The number of hydrogen-bond acceptors (Lipinski definition) is 7. The molecule has 2 aromatic carbocycles. The molecule has 0 saturated carbocycles. The fourth-order valence-electron chi connectivity index (χ4n) is 5.44. The number of aromatic nitrogens is 2. The Bertz CT molecular complexity index is 1890. The molecule has 6 rings (SSSR count). The largest absolute Gasteiger partial charge is 0.361 e. The first-order valence-corrected chi connectivity index (χ1v) is 19.2. The Kier molecular flexibility index (Phi) is 12.9. The Hall–Kier alpha value is -3.33. The van der Waals surface area contributed by atoms with Crippen LogP contribution in [-0.2, 0) is 37.7 Å². The van der Waals surface area contributed by atoms with E-state index >= 15 is 0 Å². The van der Waals surface area contributed by atoms with Gasteiger partial charge >= 0.3 is 0 Å². The summed E-state index contributed by atoms with van der Waals surface area (Å²) in [6, 6.07) is 14.1. The third kappa shape index (κ3) is 11.1. The number of Topliss-reactive ketones (excluding diaryl/α,β-unsaturated/α-hetero) is 1. The van der Waals surface area contributed by atoms with Crippen LogP contribution in [0.25, 0.3) is 27.4 Å². The molecule has 13 heteroatoms. The van der Waals surface area contributed by atoms with Gasteiger partial charge < -0.3 is 19.8 Å². The second-order valence-corrected chi connectivity index (χ2v) is 16.2. The van der Waals surface area contributed by atoms with Crippen molar-refractivity contribution in [2.45, 2.75) is 32.1 Å². The number of ketones is 1. The van der Waals surface area contributed by atoms with Crippen molar-refractivity contribution < 1.29 is 21.6 Å². The lowest BCUT2D eigenvalue weighted by molar-refractivity contribution is -0.121. The molecule has 2 aliphatic rings. The average Bonchev–Trinajstić information content (AvgIpc) is 3.72. The van der Waals surface area contributed by atoms with Crippen molar-refractivity contribution in [2.24, 2.45) is 0 Å². The normalized spacial score (nSPS) is 16.3. The summed E-state index contributed by atoms with van der Waals surface area (Å²) in [6.07, 6.45) is 9.84. The number of carbonyl (C=O) groups is 1. The van der Waals surface area contributed by atoms with Gasteiger partial charge in [-0.2, -0.15) is 0 Å². The molecule has 47 heavy (non-hydrogen) atoms. The van der Waals surface area contributed by atoms with Crippen molar-refractivity contribution in [2.75, 3.05) is 65.9 Å². The van der Waals surface area contributed by atoms with E-state index in [4.69, 9.17) is 0 Å². The molecule has 2 aliphatic heterocycles. The number of likely N-dealkylation sites (tertiary alicyclic amines) is 1. The topological polar surface area (TPSA) is 147 Å². The highest BCUT2D eigenvalue weighted by Crippen LogP contribution is 2.30. The van der Waals surface area contributed by atoms with E-state index in [1.54, 1.807) is 0 Å². The minimum absolute atomic E-state index is 0.113. The molecule has 4 N–H and O–H groups in total. The third-order valence-electron chi connectivity index (χ3n) is 8.61. The van der Waals surface area contributed by atoms with Gasteiger partial charge in [-0.1, -0.05) is 18.2 Å². The predicted molar refractivity (Wildman–Crippen MR) is 192 cm³/mol. The molecule has 1 fully saturated rings. The molecule has 1 saturated heterocycles. The van der Waals surface area contributed by atoms with Crippen LogP contribution in [0.4, 0.5) is 0 Å². The van der Waals surface area contributed by atoms with Crippen LogP contribution in [-0.4, -0.2) is 108 Å². The molecular formula is C34H48N6O5S2. The quantitative estimate of drug-likeness (QED) is 0.211. The minimum atomic E-state index is -3.17. The van der Waals surface area contributed by atoms with Crippen molar-refractivity contribution in [3.8, 4) is 0 Å². The number of hydrogen-bond donors (Lipinski definition) is 4. The standard InChI is InChI=1S/C17H23N3O2S.C11H14N2O2S.C6H11NO/c1-18-23(21,22)10-7-13-3-4-17-15(11-13)16(12-19-17)14-5-8-20(2)9-6-14;1-12-16(14,15)7-5-9-2-3-11-10(8-9)4-6-13-11;1-7-4-2-6(8)3-5-7/h3-5,11-12,18-19H,6-10H2,1-2H3;2-4,6,8,12-13H,5,7H2,1H3;2-5H2,1H3. The van der Waals surface area contributed by atoms with Crippen LogP contribution in [0.3, 0.4) is 0 Å². The number of fused-ring (bicyclic) bond motifs is 2. The van der Waals surface area contributed by atoms with Crippen molar-refractivity contribution in [3.05, 3.63) is 77.6 Å². The zero-order valence-corrected chi connectivity index (χ0v) is 29.4. The van der Waals surface area contributed by atoms with Gasteiger partial charge in [-0.05, 0) is 99.9 Å². The van der Waals surface area contributed by atoms with Gasteiger partial charge in [0.1, 0.15) is 5.78 Å². The van der Waals surface area contributed by atoms with Crippen LogP contribution in [0.5, 0.6) is 0 Å². The second-order valence-electron chi connectivity index (χ2n) is 12.1. The van der Waals surface area contributed by atoms with Crippen LogP contribution in [0.2, 0.25) is 0 Å². The van der Waals surface area contributed by atoms with Gasteiger partial charge in [0, 0.05) is 73.4 Å². The predicted octanol–water partition coefficient (Wildman–Crippen LogP) is 3.52. The van der Waals surface area contributed by atoms with Crippen LogP contribution >= 0.6 is 0 Å². The molecule has 0 radical (unpaired) electrons.